The van der Waals surface area contributed by atoms with Crippen molar-refractivity contribution in [1.82, 2.24) is 0 Å². The van der Waals surface area contributed by atoms with E-state index in [2.05, 4.69) is 33.9 Å². The van der Waals surface area contributed by atoms with Crippen LogP contribution >= 0.6 is 0 Å². The van der Waals surface area contributed by atoms with Crippen molar-refractivity contribution in [3.05, 3.63) is 0 Å². The van der Waals surface area contributed by atoms with Gasteiger partial charge in [-0.2, -0.15) is 0 Å². The van der Waals surface area contributed by atoms with Gasteiger partial charge in [0.05, 0.1) is 12.6 Å². The highest BCUT2D eigenvalue weighted by atomic mass is 28.4. The van der Waals surface area contributed by atoms with E-state index in [1.54, 1.807) is 0 Å². The molecule has 0 spiro atoms. The van der Waals surface area contributed by atoms with E-state index in [1.165, 1.54) is 0 Å². The zero-order valence-electron chi connectivity index (χ0n) is 12.3. The molecule has 7 heteroatoms. The predicted molar refractivity (Wildman–Crippen MR) is 74.0 cm³/mol. The summed E-state index contributed by atoms with van der Waals surface area (Å²) >= 11 is 0. The molecule has 1 fully saturated rings. The lowest BCUT2D eigenvalue weighted by molar-refractivity contribution is -0.247. The van der Waals surface area contributed by atoms with Crippen molar-refractivity contribution in [2.75, 3.05) is 6.61 Å². The first-order valence-electron chi connectivity index (χ1n) is 6.56. The first-order valence-corrected chi connectivity index (χ1v) is 9.47. The number of hydrogen-bond donors (Lipinski definition) is 4. The average molecular weight is 293 g/mol. The quantitative estimate of drug-likeness (QED) is 0.536. The number of aliphatic hydroxyl groups is 3. The normalized spacial score (nSPS) is 37.4. The summed E-state index contributed by atoms with van der Waals surface area (Å²) in [5, 5.41) is 29.2. The molecule has 0 saturated carbocycles. The van der Waals surface area contributed by atoms with Crippen LogP contribution in [0.2, 0.25) is 18.1 Å². The van der Waals surface area contributed by atoms with Crippen molar-refractivity contribution >= 4 is 8.32 Å². The molecule has 5 N–H and O–H groups in total. The zero-order valence-corrected chi connectivity index (χ0v) is 13.3. The lowest BCUT2D eigenvalue weighted by Gasteiger charge is -2.42. The van der Waals surface area contributed by atoms with Crippen LogP contribution in [0.15, 0.2) is 0 Å². The monoisotopic (exact) mass is 293 g/mol. The van der Waals surface area contributed by atoms with Crippen LogP contribution in [-0.4, -0.2) is 60.9 Å². The van der Waals surface area contributed by atoms with Crippen molar-refractivity contribution in [2.24, 2.45) is 5.73 Å². The molecule has 0 amide bonds. The molecule has 1 aliphatic heterocycles. The molecule has 6 nitrogen and oxygen atoms in total. The van der Waals surface area contributed by atoms with Gasteiger partial charge in [-0.05, 0) is 18.1 Å². The molecular formula is C12H27NO5Si. The lowest BCUT2D eigenvalue weighted by Crippen LogP contribution is -2.62. The van der Waals surface area contributed by atoms with Gasteiger partial charge in [0.2, 0.25) is 0 Å². The van der Waals surface area contributed by atoms with E-state index >= 15 is 0 Å². The molecule has 1 heterocycles. The maximum absolute atomic E-state index is 9.89. The zero-order chi connectivity index (χ0) is 15.0. The van der Waals surface area contributed by atoms with Crippen LogP contribution in [0.5, 0.6) is 0 Å². The summed E-state index contributed by atoms with van der Waals surface area (Å²) in [6.45, 7) is 10.6. The molecule has 0 aromatic rings. The van der Waals surface area contributed by atoms with Crippen molar-refractivity contribution in [2.45, 2.75) is 69.5 Å². The van der Waals surface area contributed by atoms with Gasteiger partial charge in [0.1, 0.15) is 18.3 Å². The van der Waals surface area contributed by atoms with Crippen molar-refractivity contribution in [3.8, 4) is 0 Å². The second-order valence-electron chi connectivity index (χ2n) is 6.69. The van der Waals surface area contributed by atoms with E-state index in [1.807, 2.05) is 0 Å². The molecule has 114 valence electrons. The van der Waals surface area contributed by atoms with Crippen LogP contribution < -0.4 is 5.73 Å². The van der Waals surface area contributed by atoms with Crippen molar-refractivity contribution in [3.63, 3.8) is 0 Å². The standard InChI is InChI=1S/C12H27NO5Si/c1-12(2,3)19(4,5)17-6-7-9(14)10(15)8(13)11(16)18-7/h7-11,14-16H,6,13H2,1-5H3/t7?,8-,9+,10?,11+/m0/s1. The highest BCUT2D eigenvalue weighted by Crippen LogP contribution is 2.37. The minimum atomic E-state index is -1.97. The molecule has 0 bridgehead atoms. The van der Waals surface area contributed by atoms with Gasteiger partial charge in [-0.1, -0.05) is 20.8 Å². The summed E-state index contributed by atoms with van der Waals surface area (Å²) in [7, 11) is -1.97. The van der Waals surface area contributed by atoms with Gasteiger partial charge in [-0.25, -0.2) is 0 Å². The minimum Gasteiger partial charge on any atom is -0.414 e. The summed E-state index contributed by atoms with van der Waals surface area (Å²) in [5.74, 6) is 0. The Morgan fingerprint density at radius 3 is 2.16 bits per heavy atom. The third-order valence-corrected chi connectivity index (χ3v) is 8.68. The summed E-state index contributed by atoms with van der Waals surface area (Å²) < 4.78 is 11.1. The number of aliphatic hydroxyl groups excluding tert-OH is 3. The second kappa shape index (κ2) is 5.77. The van der Waals surface area contributed by atoms with Gasteiger partial charge in [0.25, 0.3) is 0 Å². The molecule has 0 radical (unpaired) electrons. The van der Waals surface area contributed by atoms with Crippen LogP contribution in [0.1, 0.15) is 20.8 Å². The van der Waals surface area contributed by atoms with E-state index in [9.17, 15) is 15.3 Å². The van der Waals surface area contributed by atoms with Crippen LogP contribution in [-0.2, 0) is 9.16 Å². The summed E-state index contributed by atoms with van der Waals surface area (Å²) in [6, 6.07) is -1.00. The third kappa shape index (κ3) is 3.75. The summed E-state index contributed by atoms with van der Waals surface area (Å²) in [5.41, 5.74) is 5.51. The van der Waals surface area contributed by atoms with Crippen LogP contribution in [0.25, 0.3) is 0 Å². The van der Waals surface area contributed by atoms with Gasteiger partial charge >= 0.3 is 0 Å². The molecule has 2 unspecified atom stereocenters. The molecule has 0 aromatic heterocycles. The maximum atomic E-state index is 9.89. The molecule has 19 heavy (non-hydrogen) atoms. The Labute approximate surface area is 115 Å². The number of rotatable bonds is 3. The molecule has 0 aliphatic carbocycles. The number of hydrogen-bond acceptors (Lipinski definition) is 6. The highest BCUT2D eigenvalue weighted by molar-refractivity contribution is 6.74. The van der Waals surface area contributed by atoms with Gasteiger partial charge in [0, 0.05) is 0 Å². The first kappa shape index (κ1) is 17.0. The Balaban J connectivity index is 2.63. The van der Waals surface area contributed by atoms with Crippen molar-refractivity contribution in [1.29, 1.82) is 0 Å². The summed E-state index contributed by atoms with van der Waals surface area (Å²) in [4.78, 5) is 0. The van der Waals surface area contributed by atoms with Gasteiger partial charge < -0.3 is 30.2 Å². The Kier molecular flexibility index (Phi) is 5.17. The largest absolute Gasteiger partial charge is 0.414 e. The fourth-order valence-electron chi connectivity index (χ4n) is 1.61. The SMILES string of the molecule is CC(C)(C)[Si](C)(C)OCC1O[C@@H](O)[C@@H](N)C(O)[C@@H]1O. The third-order valence-electron chi connectivity index (χ3n) is 4.18. The van der Waals surface area contributed by atoms with Crippen molar-refractivity contribution < 1.29 is 24.5 Å². The van der Waals surface area contributed by atoms with E-state index in [4.69, 9.17) is 14.9 Å². The van der Waals surface area contributed by atoms with Gasteiger partial charge in [-0.15, -0.1) is 0 Å². The molecular weight excluding hydrogens is 266 g/mol. The fraction of sp³-hybridized carbons (Fsp3) is 1.00. The molecule has 5 atom stereocenters. The minimum absolute atomic E-state index is 0.0419. The lowest BCUT2D eigenvalue weighted by atomic mass is 9.98. The maximum Gasteiger partial charge on any atom is 0.192 e. The average Bonchev–Trinajstić information content (AvgIpc) is 2.28. The molecule has 1 saturated heterocycles. The predicted octanol–water partition coefficient (Wildman–Crippen LogP) is -0.225. The van der Waals surface area contributed by atoms with Crippen LogP contribution in [0, 0.1) is 0 Å². The van der Waals surface area contributed by atoms with Crippen LogP contribution in [0.3, 0.4) is 0 Å². The Bertz CT molecular complexity index is 307. The van der Waals surface area contributed by atoms with E-state index in [0.717, 1.165) is 0 Å². The Morgan fingerprint density at radius 2 is 1.68 bits per heavy atom. The Hall–Kier alpha value is -0.0231. The fourth-order valence-corrected chi connectivity index (χ4v) is 2.63. The Morgan fingerprint density at radius 1 is 1.16 bits per heavy atom. The second-order valence-corrected chi connectivity index (χ2v) is 11.5. The number of ether oxygens (including phenoxy) is 1. The topological polar surface area (TPSA) is 105 Å². The van der Waals surface area contributed by atoms with Gasteiger partial charge in [0.15, 0.2) is 14.6 Å². The van der Waals surface area contributed by atoms with E-state index in [0.29, 0.717) is 0 Å². The van der Waals surface area contributed by atoms with Crippen LogP contribution in [0.4, 0.5) is 0 Å². The number of nitrogens with two attached hydrogens (primary N) is 1. The molecule has 1 rings (SSSR count). The first-order chi connectivity index (χ1) is 8.47. The van der Waals surface area contributed by atoms with E-state index < -0.39 is 39.0 Å². The molecule has 1 aliphatic rings. The van der Waals surface area contributed by atoms with Gasteiger partial charge in [-0.3, -0.25) is 0 Å². The highest BCUT2D eigenvalue weighted by Gasteiger charge is 2.44. The summed E-state index contributed by atoms with van der Waals surface area (Å²) in [6.07, 6.45) is -4.41. The smallest absolute Gasteiger partial charge is 0.192 e. The molecule has 0 aromatic carbocycles. The van der Waals surface area contributed by atoms with E-state index in [-0.39, 0.29) is 11.6 Å².